The van der Waals surface area contributed by atoms with E-state index in [9.17, 15) is 9.90 Å². The highest BCUT2D eigenvalue weighted by Crippen LogP contribution is 2.17. The van der Waals surface area contributed by atoms with Crippen LogP contribution in [0, 0.1) is 0 Å². The number of carboxylic acid groups (broad SMARTS) is 1. The van der Waals surface area contributed by atoms with Gasteiger partial charge < -0.3 is 15.5 Å². The molecule has 1 aromatic rings. The van der Waals surface area contributed by atoms with Gasteiger partial charge in [0, 0.05) is 17.5 Å². The Hall–Kier alpha value is -0.910. The van der Waals surface area contributed by atoms with E-state index >= 15 is 0 Å². The number of aliphatic hydroxyl groups is 1. The average molecular weight is 229 g/mol. The Labute approximate surface area is 92.6 Å². The van der Waals surface area contributed by atoms with Gasteiger partial charge in [0.25, 0.3) is 0 Å². The van der Waals surface area contributed by atoms with Crippen molar-refractivity contribution in [3.05, 3.63) is 22.4 Å². The summed E-state index contributed by atoms with van der Waals surface area (Å²) in [4.78, 5) is 11.5. The summed E-state index contributed by atoms with van der Waals surface area (Å²) < 4.78 is 0. The van der Waals surface area contributed by atoms with Crippen LogP contribution in [0.4, 0.5) is 0 Å². The van der Waals surface area contributed by atoms with Crippen LogP contribution in [0.2, 0.25) is 0 Å². The van der Waals surface area contributed by atoms with Crippen LogP contribution >= 0.6 is 11.3 Å². The first kappa shape index (κ1) is 12.2. The summed E-state index contributed by atoms with van der Waals surface area (Å²) in [6.07, 6.45) is -1.05. The van der Waals surface area contributed by atoms with E-state index in [0.29, 0.717) is 6.54 Å². The largest absolute Gasteiger partial charge is 0.481 e. The van der Waals surface area contributed by atoms with Crippen LogP contribution in [0.3, 0.4) is 0 Å². The predicted octanol–water partition coefficient (Wildman–Crippen LogP) is 1.23. The molecule has 84 valence electrons. The summed E-state index contributed by atoms with van der Waals surface area (Å²) >= 11 is 1.64. The Morgan fingerprint density at radius 1 is 1.67 bits per heavy atom. The van der Waals surface area contributed by atoms with Crippen LogP contribution in [0.5, 0.6) is 0 Å². The highest BCUT2D eigenvalue weighted by atomic mass is 32.1. The second-order valence-corrected chi connectivity index (χ2v) is 4.38. The number of hydrogen-bond donors (Lipinski definition) is 3. The smallest absolute Gasteiger partial charge is 0.306 e. The van der Waals surface area contributed by atoms with Gasteiger partial charge in [0.05, 0.1) is 12.5 Å². The number of carboxylic acids is 1. The molecule has 15 heavy (non-hydrogen) atoms. The SMILES string of the molecule is C[C@H](NCC(O)CC(=O)O)c1cccs1. The molecule has 0 spiro atoms. The minimum absolute atomic E-state index is 0.147. The van der Waals surface area contributed by atoms with Gasteiger partial charge in [0.1, 0.15) is 0 Å². The second kappa shape index (κ2) is 5.85. The Balaban J connectivity index is 2.28. The molecule has 2 atom stereocenters. The van der Waals surface area contributed by atoms with Crippen LogP contribution in [0.25, 0.3) is 0 Å². The van der Waals surface area contributed by atoms with Gasteiger partial charge in [-0.25, -0.2) is 0 Å². The van der Waals surface area contributed by atoms with E-state index in [1.54, 1.807) is 11.3 Å². The van der Waals surface area contributed by atoms with E-state index in [0.717, 1.165) is 0 Å². The molecule has 0 bridgehead atoms. The van der Waals surface area contributed by atoms with Gasteiger partial charge in [-0.15, -0.1) is 11.3 Å². The summed E-state index contributed by atoms with van der Waals surface area (Å²) in [5, 5.41) is 22.8. The van der Waals surface area contributed by atoms with E-state index < -0.39 is 12.1 Å². The molecular weight excluding hydrogens is 214 g/mol. The highest BCUT2D eigenvalue weighted by molar-refractivity contribution is 7.10. The third kappa shape index (κ3) is 4.42. The van der Waals surface area contributed by atoms with Gasteiger partial charge >= 0.3 is 5.97 Å². The van der Waals surface area contributed by atoms with Crippen LogP contribution in [0.15, 0.2) is 17.5 Å². The summed E-state index contributed by atoms with van der Waals surface area (Å²) in [7, 11) is 0. The Kier molecular flexibility index (Phi) is 4.74. The van der Waals surface area contributed by atoms with Crippen molar-refractivity contribution < 1.29 is 15.0 Å². The van der Waals surface area contributed by atoms with E-state index in [2.05, 4.69) is 5.32 Å². The van der Waals surface area contributed by atoms with Crippen LogP contribution in [0.1, 0.15) is 24.3 Å². The average Bonchev–Trinajstić information content (AvgIpc) is 2.65. The van der Waals surface area contributed by atoms with E-state index in [1.165, 1.54) is 4.88 Å². The Morgan fingerprint density at radius 3 is 2.93 bits per heavy atom. The molecule has 0 amide bonds. The molecule has 1 rings (SSSR count). The maximum atomic E-state index is 10.3. The molecule has 0 saturated carbocycles. The van der Waals surface area contributed by atoms with Gasteiger partial charge in [-0.1, -0.05) is 6.07 Å². The van der Waals surface area contributed by atoms with Crippen molar-refractivity contribution in [3.63, 3.8) is 0 Å². The number of thiophene rings is 1. The molecule has 0 aliphatic carbocycles. The summed E-state index contributed by atoms with van der Waals surface area (Å²) in [5.74, 6) is -0.979. The second-order valence-electron chi connectivity index (χ2n) is 3.40. The first-order chi connectivity index (χ1) is 7.09. The monoisotopic (exact) mass is 229 g/mol. The number of carbonyl (C=O) groups is 1. The highest BCUT2D eigenvalue weighted by Gasteiger charge is 2.11. The molecule has 0 aliphatic rings. The van der Waals surface area contributed by atoms with Crippen molar-refractivity contribution in [1.82, 2.24) is 5.32 Å². The minimum atomic E-state index is -0.979. The summed E-state index contributed by atoms with van der Waals surface area (Å²) in [6, 6.07) is 4.12. The quantitative estimate of drug-likeness (QED) is 0.686. The van der Waals surface area contributed by atoms with Crippen LogP contribution < -0.4 is 5.32 Å². The Bertz CT molecular complexity index is 300. The molecule has 3 N–H and O–H groups in total. The molecule has 0 aromatic carbocycles. The number of hydrogen-bond acceptors (Lipinski definition) is 4. The van der Waals surface area contributed by atoms with E-state index in [4.69, 9.17) is 5.11 Å². The zero-order chi connectivity index (χ0) is 11.3. The van der Waals surface area contributed by atoms with Crippen molar-refractivity contribution in [2.75, 3.05) is 6.54 Å². The fraction of sp³-hybridized carbons (Fsp3) is 0.500. The lowest BCUT2D eigenvalue weighted by Gasteiger charge is -2.14. The molecule has 1 aromatic heterocycles. The molecule has 0 radical (unpaired) electrons. The fourth-order valence-electron chi connectivity index (χ4n) is 1.22. The van der Waals surface area contributed by atoms with Crippen LogP contribution in [-0.2, 0) is 4.79 Å². The van der Waals surface area contributed by atoms with Crippen molar-refractivity contribution in [1.29, 1.82) is 0 Å². The predicted molar refractivity (Wildman–Crippen MR) is 59.0 cm³/mol. The fourth-order valence-corrected chi connectivity index (χ4v) is 1.98. The molecule has 1 heterocycles. The third-order valence-corrected chi connectivity index (χ3v) is 3.09. The molecule has 0 saturated heterocycles. The van der Waals surface area contributed by atoms with Crippen molar-refractivity contribution in [2.24, 2.45) is 0 Å². The number of rotatable bonds is 6. The molecule has 1 unspecified atom stereocenters. The van der Waals surface area contributed by atoms with E-state index in [-0.39, 0.29) is 12.5 Å². The minimum Gasteiger partial charge on any atom is -0.481 e. The topological polar surface area (TPSA) is 69.6 Å². The van der Waals surface area contributed by atoms with Crippen molar-refractivity contribution in [3.8, 4) is 0 Å². The number of aliphatic hydroxyl groups excluding tert-OH is 1. The van der Waals surface area contributed by atoms with Gasteiger partial charge in [-0.05, 0) is 18.4 Å². The first-order valence-corrected chi connectivity index (χ1v) is 5.64. The van der Waals surface area contributed by atoms with Crippen molar-refractivity contribution in [2.45, 2.75) is 25.5 Å². The lowest BCUT2D eigenvalue weighted by molar-refractivity contribution is -0.139. The molecule has 4 nitrogen and oxygen atoms in total. The summed E-state index contributed by atoms with van der Waals surface area (Å²) in [6.45, 7) is 2.28. The Morgan fingerprint density at radius 2 is 2.40 bits per heavy atom. The standard InChI is InChI=1S/C10H15NO3S/c1-7(9-3-2-4-15-9)11-6-8(12)5-10(13)14/h2-4,7-8,11-12H,5-6H2,1H3,(H,13,14)/t7-,8?/m0/s1. The number of nitrogens with one attached hydrogen (secondary N) is 1. The zero-order valence-corrected chi connectivity index (χ0v) is 9.33. The lowest BCUT2D eigenvalue weighted by atomic mass is 10.2. The van der Waals surface area contributed by atoms with Gasteiger partial charge in [-0.2, -0.15) is 0 Å². The maximum absolute atomic E-state index is 10.3. The zero-order valence-electron chi connectivity index (χ0n) is 8.51. The van der Waals surface area contributed by atoms with Gasteiger partial charge in [-0.3, -0.25) is 4.79 Å². The van der Waals surface area contributed by atoms with E-state index in [1.807, 2.05) is 24.4 Å². The normalized spacial score (nSPS) is 14.8. The maximum Gasteiger partial charge on any atom is 0.306 e. The lowest BCUT2D eigenvalue weighted by Crippen LogP contribution is -2.30. The molecule has 0 aliphatic heterocycles. The van der Waals surface area contributed by atoms with Gasteiger partial charge in [0.2, 0.25) is 0 Å². The van der Waals surface area contributed by atoms with Gasteiger partial charge in [0.15, 0.2) is 0 Å². The van der Waals surface area contributed by atoms with Crippen LogP contribution in [-0.4, -0.2) is 28.8 Å². The number of aliphatic carboxylic acids is 1. The first-order valence-electron chi connectivity index (χ1n) is 4.76. The molecular formula is C10H15NO3S. The molecule has 0 fully saturated rings. The molecule has 5 heteroatoms. The van der Waals surface area contributed by atoms with Crippen molar-refractivity contribution >= 4 is 17.3 Å². The third-order valence-electron chi connectivity index (χ3n) is 2.04. The summed E-state index contributed by atoms with van der Waals surface area (Å²) in [5.41, 5.74) is 0.